The van der Waals surface area contributed by atoms with Crippen LogP contribution in [0.5, 0.6) is 5.95 Å². The molecule has 1 aromatic rings. The molecule has 0 saturated heterocycles. The van der Waals surface area contributed by atoms with Crippen LogP contribution in [0.25, 0.3) is 0 Å². The average Bonchev–Trinajstić information content (AvgIpc) is 2.10. The summed E-state index contributed by atoms with van der Waals surface area (Å²) in [5, 5.41) is 0. The SMILES string of the molecule is O=S(=O)(F)Oc1ccc(Br)o1. The van der Waals surface area contributed by atoms with Gasteiger partial charge in [0.1, 0.15) is 0 Å². The van der Waals surface area contributed by atoms with Gasteiger partial charge in [0.25, 0.3) is 0 Å². The van der Waals surface area contributed by atoms with Crippen molar-refractivity contribution in [1.29, 1.82) is 0 Å². The highest BCUT2D eigenvalue weighted by atomic mass is 79.9. The second-order valence-corrected chi connectivity index (χ2v) is 3.27. The van der Waals surface area contributed by atoms with Crippen LogP contribution in [0.2, 0.25) is 0 Å². The Labute approximate surface area is 70.5 Å². The highest BCUT2D eigenvalue weighted by molar-refractivity contribution is 9.10. The Morgan fingerprint density at radius 3 is 2.55 bits per heavy atom. The van der Waals surface area contributed by atoms with Gasteiger partial charge in [-0.1, -0.05) is 3.89 Å². The molecule has 0 atom stereocenters. The lowest BCUT2D eigenvalue weighted by atomic mass is 10.7. The first-order valence-electron chi connectivity index (χ1n) is 2.37. The summed E-state index contributed by atoms with van der Waals surface area (Å²) in [6.07, 6.45) is 0. The van der Waals surface area contributed by atoms with E-state index in [1.165, 1.54) is 12.1 Å². The van der Waals surface area contributed by atoms with Crippen LogP contribution in [0.1, 0.15) is 0 Å². The molecule has 7 heteroatoms. The van der Waals surface area contributed by atoms with Gasteiger partial charge in [-0.25, -0.2) is 0 Å². The van der Waals surface area contributed by atoms with Crippen LogP contribution >= 0.6 is 15.9 Å². The average molecular weight is 245 g/mol. The van der Waals surface area contributed by atoms with Crippen molar-refractivity contribution < 1.29 is 20.9 Å². The Balaban J connectivity index is 2.81. The molecule has 0 aliphatic rings. The van der Waals surface area contributed by atoms with Gasteiger partial charge in [0, 0.05) is 6.07 Å². The second-order valence-electron chi connectivity index (χ2n) is 1.53. The van der Waals surface area contributed by atoms with Crippen molar-refractivity contribution in [3.8, 4) is 5.95 Å². The molecule has 1 rings (SSSR count). The summed E-state index contributed by atoms with van der Waals surface area (Å²) in [4.78, 5) is 0. The first kappa shape index (κ1) is 8.54. The van der Waals surface area contributed by atoms with Crippen molar-refractivity contribution in [1.82, 2.24) is 0 Å². The maximum absolute atomic E-state index is 11.8. The lowest BCUT2D eigenvalue weighted by Crippen LogP contribution is -1.99. The summed E-state index contributed by atoms with van der Waals surface area (Å²) in [6, 6.07) is 2.54. The van der Waals surface area contributed by atoms with Gasteiger partial charge >= 0.3 is 16.5 Å². The van der Waals surface area contributed by atoms with Crippen molar-refractivity contribution in [3.63, 3.8) is 0 Å². The third-order valence-electron chi connectivity index (χ3n) is 0.730. The highest BCUT2D eigenvalue weighted by Gasteiger charge is 2.12. The Morgan fingerprint density at radius 1 is 1.55 bits per heavy atom. The Morgan fingerprint density at radius 2 is 2.18 bits per heavy atom. The van der Waals surface area contributed by atoms with Crippen molar-refractivity contribution in [2.75, 3.05) is 0 Å². The minimum absolute atomic E-state index is 0.260. The van der Waals surface area contributed by atoms with Gasteiger partial charge in [-0.2, -0.15) is 8.42 Å². The molecule has 0 unspecified atom stereocenters. The van der Waals surface area contributed by atoms with Gasteiger partial charge in [0.05, 0.1) is 0 Å². The summed E-state index contributed by atoms with van der Waals surface area (Å²) >= 11 is 2.88. The molecular formula is C4H2BrFO4S. The van der Waals surface area contributed by atoms with Gasteiger partial charge in [-0.15, -0.1) is 0 Å². The second kappa shape index (κ2) is 2.82. The van der Waals surface area contributed by atoms with E-state index < -0.39 is 16.5 Å². The van der Waals surface area contributed by atoms with Crippen LogP contribution < -0.4 is 4.18 Å². The molecule has 0 aliphatic heterocycles. The molecule has 4 nitrogen and oxygen atoms in total. The van der Waals surface area contributed by atoms with Crippen molar-refractivity contribution in [2.24, 2.45) is 0 Å². The first-order chi connectivity index (χ1) is 4.97. The van der Waals surface area contributed by atoms with Crippen LogP contribution in [0.4, 0.5) is 3.89 Å². The highest BCUT2D eigenvalue weighted by Crippen LogP contribution is 2.21. The molecule has 0 N–H and O–H groups in total. The van der Waals surface area contributed by atoms with Gasteiger partial charge < -0.3 is 8.60 Å². The smallest absolute Gasteiger partial charge is 0.418 e. The third-order valence-corrected chi connectivity index (χ3v) is 1.52. The Bertz CT molecular complexity index is 343. The predicted octanol–water partition coefficient (Wildman–Crippen LogP) is 1.64. The molecule has 1 heterocycles. The van der Waals surface area contributed by atoms with Crippen LogP contribution in [-0.4, -0.2) is 8.42 Å². The van der Waals surface area contributed by atoms with Crippen LogP contribution in [0.15, 0.2) is 21.2 Å². The molecule has 11 heavy (non-hydrogen) atoms. The van der Waals surface area contributed by atoms with E-state index in [4.69, 9.17) is 0 Å². The van der Waals surface area contributed by atoms with Crippen molar-refractivity contribution in [2.45, 2.75) is 0 Å². The summed E-state index contributed by atoms with van der Waals surface area (Å²) in [5.41, 5.74) is 0. The minimum Gasteiger partial charge on any atom is -0.418 e. The standard InChI is InChI=1S/C4H2BrFO4S/c5-3-1-2-4(9-3)10-11(6,7)8/h1-2H. The predicted molar refractivity (Wildman–Crippen MR) is 37.1 cm³/mol. The molecule has 0 spiro atoms. The molecule has 62 valence electrons. The Kier molecular flexibility index (Phi) is 2.19. The van der Waals surface area contributed by atoms with E-state index in [0.717, 1.165) is 0 Å². The molecular weight excluding hydrogens is 243 g/mol. The largest absolute Gasteiger partial charge is 0.491 e. The summed E-state index contributed by atoms with van der Waals surface area (Å²) in [7, 11) is -4.98. The normalized spacial score (nSPS) is 11.5. The monoisotopic (exact) mass is 244 g/mol. The zero-order chi connectivity index (χ0) is 8.48. The maximum Gasteiger partial charge on any atom is 0.491 e. The maximum atomic E-state index is 11.8. The lowest BCUT2D eigenvalue weighted by molar-refractivity contribution is 0.354. The third kappa shape index (κ3) is 2.89. The Hall–Kier alpha value is -0.560. The van der Waals surface area contributed by atoms with Gasteiger partial charge in [0.15, 0.2) is 4.67 Å². The lowest BCUT2D eigenvalue weighted by Gasteiger charge is -1.91. The number of hydrogen-bond donors (Lipinski definition) is 0. The molecule has 0 aromatic carbocycles. The van der Waals surface area contributed by atoms with E-state index in [-0.39, 0.29) is 4.67 Å². The van der Waals surface area contributed by atoms with Gasteiger partial charge in [-0.05, 0) is 22.0 Å². The molecule has 0 amide bonds. The van der Waals surface area contributed by atoms with E-state index in [1.54, 1.807) is 0 Å². The summed E-state index contributed by atoms with van der Waals surface area (Å²) in [6.45, 7) is 0. The van der Waals surface area contributed by atoms with E-state index in [2.05, 4.69) is 24.5 Å². The van der Waals surface area contributed by atoms with E-state index >= 15 is 0 Å². The number of furan rings is 1. The fraction of sp³-hybridized carbons (Fsp3) is 0. The first-order valence-corrected chi connectivity index (χ1v) is 4.47. The fourth-order valence-corrected chi connectivity index (χ4v) is 1.02. The number of halogens is 2. The summed E-state index contributed by atoms with van der Waals surface area (Å²) in [5.74, 6) is -0.417. The number of hydrogen-bond acceptors (Lipinski definition) is 4. The zero-order valence-electron chi connectivity index (χ0n) is 4.95. The quantitative estimate of drug-likeness (QED) is 0.743. The van der Waals surface area contributed by atoms with Gasteiger partial charge in [-0.3, -0.25) is 0 Å². The van der Waals surface area contributed by atoms with E-state index in [9.17, 15) is 12.3 Å². The molecule has 0 aliphatic carbocycles. The van der Waals surface area contributed by atoms with Crippen molar-refractivity contribution >= 4 is 26.4 Å². The van der Waals surface area contributed by atoms with E-state index in [0.29, 0.717) is 0 Å². The molecule has 0 radical (unpaired) electrons. The van der Waals surface area contributed by atoms with Crippen molar-refractivity contribution in [3.05, 3.63) is 16.8 Å². The zero-order valence-corrected chi connectivity index (χ0v) is 7.35. The molecule has 1 aromatic heterocycles. The number of rotatable bonds is 2. The fourth-order valence-electron chi connectivity index (χ4n) is 0.441. The minimum atomic E-state index is -4.98. The molecule has 0 saturated carbocycles. The summed E-state index contributed by atoms with van der Waals surface area (Å²) < 4.78 is 40.0. The molecule has 0 fully saturated rings. The van der Waals surface area contributed by atoms with Crippen LogP contribution in [0, 0.1) is 0 Å². The molecule has 0 bridgehead atoms. The van der Waals surface area contributed by atoms with Gasteiger partial charge in [0.2, 0.25) is 0 Å². The topological polar surface area (TPSA) is 56.5 Å². The van der Waals surface area contributed by atoms with Crippen LogP contribution in [-0.2, 0) is 10.5 Å². The van der Waals surface area contributed by atoms with Crippen LogP contribution in [0.3, 0.4) is 0 Å². The van der Waals surface area contributed by atoms with E-state index in [1.807, 2.05) is 0 Å².